The third kappa shape index (κ3) is 5.67. The Labute approximate surface area is 198 Å². The zero-order chi connectivity index (χ0) is 24.1. The third-order valence-electron chi connectivity index (χ3n) is 5.44. The number of esters is 1. The smallest absolute Gasteiger partial charge is 0.338 e. The molecule has 0 atom stereocenters. The Hall–Kier alpha value is -3.56. The van der Waals surface area contributed by atoms with E-state index in [0.717, 1.165) is 24.8 Å². The molecule has 176 valence electrons. The number of aryl methyl sites for hydroxylation is 2. The number of nitrogens with zero attached hydrogens (tertiary/aromatic N) is 2. The minimum absolute atomic E-state index is 0.207. The van der Waals surface area contributed by atoms with E-state index in [4.69, 9.17) is 14.0 Å². The molecule has 0 heterocycles. The molecule has 3 aromatic rings. The predicted molar refractivity (Wildman–Crippen MR) is 126 cm³/mol. The highest BCUT2D eigenvalue weighted by molar-refractivity contribution is 7.85. The summed E-state index contributed by atoms with van der Waals surface area (Å²) in [6, 6.07) is 16.5. The number of carbonyl (C=O) groups is 1. The van der Waals surface area contributed by atoms with Gasteiger partial charge in [0.15, 0.2) is 0 Å². The molecule has 0 unspecified atom stereocenters. The Balaban J connectivity index is 1.52. The lowest BCUT2D eigenvalue weighted by molar-refractivity contribution is 0.0526. The van der Waals surface area contributed by atoms with Crippen molar-refractivity contribution in [3.63, 3.8) is 0 Å². The Bertz CT molecular complexity index is 1320. The van der Waals surface area contributed by atoms with Crippen molar-refractivity contribution >= 4 is 27.5 Å². The molecule has 0 fully saturated rings. The van der Waals surface area contributed by atoms with Gasteiger partial charge in [-0.1, -0.05) is 12.1 Å². The van der Waals surface area contributed by atoms with Crippen LogP contribution in [-0.2, 0) is 34.3 Å². The van der Waals surface area contributed by atoms with Crippen molar-refractivity contribution in [3.8, 4) is 5.75 Å². The lowest BCUT2D eigenvalue weighted by atomic mass is 10.1. The summed E-state index contributed by atoms with van der Waals surface area (Å²) >= 11 is 0. The molecule has 1 aliphatic rings. The van der Waals surface area contributed by atoms with E-state index >= 15 is 0 Å². The van der Waals surface area contributed by atoms with Crippen molar-refractivity contribution in [2.75, 3.05) is 6.61 Å². The second-order valence-electron chi connectivity index (χ2n) is 7.82. The van der Waals surface area contributed by atoms with Crippen LogP contribution < -0.4 is 4.74 Å². The van der Waals surface area contributed by atoms with Crippen LogP contribution in [-0.4, -0.2) is 25.5 Å². The van der Waals surface area contributed by atoms with Crippen LogP contribution in [0.25, 0.3) is 0 Å². The van der Waals surface area contributed by atoms with E-state index in [1.165, 1.54) is 35.4 Å². The van der Waals surface area contributed by atoms with Gasteiger partial charge in [-0.05, 0) is 91.4 Å². The predicted octanol–water partition coefficient (Wildman–Crippen LogP) is 5.59. The number of carbonyl (C=O) groups excluding carboxylic acids is 1. The minimum atomic E-state index is -4.26. The number of hydrogen-bond donors (Lipinski definition) is 1. The van der Waals surface area contributed by atoms with Crippen LogP contribution in [0.15, 0.2) is 75.8 Å². The van der Waals surface area contributed by atoms with E-state index < -0.39 is 10.1 Å². The molecule has 0 bridgehead atoms. The van der Waals surface area contributed by atoms with Gasteiger partial charge in [-0.15, -0.1) is 5.11 Å². The van der Waals surface area contributed by atoms with Gasteiger partial charge in [-0.2, -0.15) is 13.5 Å². The van der Waals surface area contributed by atoms with E-state index in [2.05, 4.69) is 10.2 Å². The lowest BCUT2D eigenvalue weighted by Gasteiger charge is -2.11. The topological polar surface area (TPSA) is 115 Å². The molecular formula is C25H24N2O6S. The molecule has 3 aromatic carbocycles. The standard InChI is InChI=1S/C25H24N2O6S/c1-2-32-25(28)18-8-6-17(7-9-18)16-33-24-15-20-5-3-4-19(20)14-23(24)27-26-21-10-12-22(13-11-21)34(29,30)31/h6-15H,2-5,16H2,1H3,(H,29,30,31). The zero-order valence-corrected chi connectivity index (χ0v) is 19.4. The first-order valence-corrected chi connectivity index (χ1v) is 12.3. The van der Waals surface area contributed by atoms with Gasteiger partial charge in [0.05, 0.1) is 22.8 Å². The second-order valence-corrected chi connectivity index (χ2v) is 9.24. The molecule has 0 saturated carbocycles. The van der Waals surface area contributed by atoms with Crippen molar-refractivity contribution in [2.45, 2.75) is 37.7 Å². The van der Waals surface area contributed by atoms with Gasteiger partial charge >= 0.3 is 5.97 Å². The molecule has 0 aromatic heterocycles. The SMILES string of the molecule is CCOC(=O)c1ccc(COc2cc3c(cc2N=Nc2ccc(S(=O)(=O)O)cc2)CCC3)cc1. The summed E-state index contributed by atoms with van der Waals surface area (Å²) < 4.78 is 42.6. The normalized spacial score (nSPS) is 13.1. The minimum Gasteiger partial charge on any atom is -0.487 e. The lowest BCUT2D eigenvalue weighted by Crippen LogP contribution is -2.05. The largest absolute Gasteiger partial charge is 0.487 e. The molecule has 4 rings (SSSR count). The van der Waals surface area contributed by atoms with Crippen LogP contribution in [0.3, 0.4) is 0 Å². The van der Waals surface area contributed by atoms with Gasteiger partial charge in [0, 0.05) is 0 Å². The molecule has 0 spiro atoms. The summed E-state index contributed by atoms with van der Waals surface area (Å²) in [7, 11) is -4.26. The fraction of sp³-hybridized carbons (Fsp3) is 0.240. The van der Waals surface area contributed by atoms with E-state index in [0.29, 0.717) is 29.3 Å². The number of ether oxygens (including phenoxy) is 2. The summed E-state index contributed by atoms with van der Waals surface area (Å²) in [5.41, 5.74) is 4.82. The summed E-state index contributed by atoms with van der Waals surface area (Å²) in [4.78, 5) is 11.6. The Morgan fingerprint density at radius 3 is 2.29 bits per heavy atom. The van der Waals surface area contributed by atoms with Gasteiger partial charge in [0.2, 0.25) is 0 Å². The van der Waals surface area contributed by atoms with Crippen LogP contribution >= 0.6 is 0 Å². The van der Waals surface area contributed by atoms with E-state index in [-0.39, 0.29) is 17.5 Å². The molecule has 0 amide bonds. The van der Waals surface area contributed by atoms with Crippen molar-refractivity contribution in [1.82, 2.24) is 0 Å². The van der Waals surface area contributed by atoms with E-state index in [1.54, 1.807) is 19.1 Å². The fourth-order valence-electron chi connectivity index (χ4n) is 3.69. The molecule has 0 radical (unpaired) electrons. The van der Waals surface area contributed by atoms with E-state index in [9.17, 15) is 13.2 Å². The number of azo groups is 1. The Morgan fingerprint density at radius 2 is 1.65 bits per heavy atom. The van der Waals surface area contributed by atoms with Gasteiger partial charge in [0.1, 0.15) is 18.0 Å². The maximum atomic E-state index is 11.8. The first kappa shape index (κ1) is 23.6. The zero-order valence-electron chi connectivity index (χ0n) is 18.6. The summed E-state index contributed by atoms with van der Waals surface area (Å²) in [6.45, 7) is 2.37. The van der Waals surface area contributed by atoms with Gasteiger partial charge in [0.25, 0.3) is 10.1 Å². The highest BCUT2D eigenvalue weighted by Gasteiger charge is 2.16. The first-order chi connectivity index (χ1) is 16.3. The Morgan fingerprint density at radius 1 is 0.971 bits per heavy atom. The summed E-state index contributed by atoms with van der Waals surface area (Å²) in [6.07, 6.45) is 3.02. The van der Waals surface area contributed by atoms with Gasteiger partial charge < -0.3 is 9.47 Å². The highest BCUT2D eigenvalue weighted by atomic mass is 32.2. The average molecular weight is 481 g/mol. The maximum Gasteiger partial charge on any atom is 0.338 e. The quantitative estimate of drug-likeness (QED) is 0.255. The number of rotatable bonds is 8. The van der Waals surface area contributed by atoms with Crippen LogP contribution in [0.2, 0.25) is 0 Å². The van der Waals surface area contributed by atoms with Gasteiger partial charge in [-0.3, -0.25) is 4.55 Å². The monoisotopic (exact) mass is 480 g/mol. The summed E-state index contributed by atoms with van der Waals surface area (Å²) in [5, 5.41) is 8.55. The molecule has 1 N–H and O–H groups in total. The molecule has 0 saturated heterocycles. The molecule has 8 nitrogen and oxygen atoms in total. The molecule has 0 aliphatic heterocycles. The summed E-state index contributed by atoms with van der Waals surface area (Å²) in [5.74, 6) is 0.231. The molecule has 34 heavy (non-hydrogen) atoms. The van der Waals surface area contributed by atoms with Crippen molar-refractivity contribution in [1.29, 1.82) is 0 Å². The third-order valence-corrected chi connectivity index (χ3v) is 6.31. The number of hydrogen-bond acceptors (Lipinski definition) is 7. The van der Waals surface area contributed by atoms with Crippen molar-refractivity contribution in [3.05, 3.63) is 82.9 Å². The van der Waals surface area contributed by atoms with Crippen molar-refractivity contribution < 1.29 is 27.2 Å². The van der Waals surface area contributed by atoms with Crippen molar-refractivity contribution in [2.24, 2.45) is 10.2 Å². The maximum absolute atomic E-state index is 11.8. The average Bonchev–Trinajstić information content (AvgIpc) is 3.28. The van der Waals surface area contributed by atoms with Crippen LogP contribution in [0.5, 0.6) is 5.75 Å². The fourth-order valence-corrected chi connectivity index (χ4v) is 4.17. The Kier molecular flexibility index (Phi) is 7.04. The molecular weight excluding hydrogens is 456 g/mol. The van der Waals surface area contributed by atoms with E-state index in [1.807, 2.05) is 24.3 Å². The van der Waals surface area contributed by atoms with Crippen LogP contribution in [0, 0.1) is 0 Å². The van der Waals surface area contributed by atoms with Crippen LogP contribution in [0.4, 0.5) is 11.4 Å². The number of benzene rings is 3. The highest BCUT2D eigenvalue weighted by Crippen LogP contribution is 2.36. The molecule has 1 aliphatic carbocycles. The van der Waals surface area contributed by atoms with Crippen LogP contribution in [0.1, 0.15) is 40.4 Å². The van der Waals surface area contributed by atoms with Gasteiger partial charge in [-0.25, -0.2) is 4.79 Å². The number of fused-ring (bicyclic) bond motifs is 1. The molecule has 9 heteroatoms. The second kappa shape index (κ2) is 10.1. The first-order valence-electron chi connectivity index (χ1n) is 10.9.